The zero-order valence-corrected chi connectivity index (χ0v) is 16.3. The molecule has 3 saturated carbocycles. The second kappa shape index (κ2) is 5.92. The standard InChI is InChI=1S/C24H33NO/c1-23-12-10-17(26)15-16(23)6-7-18-19-8-9-21(22-5-3-4-14-25-22)24(19,2)13-11-20(18)23/h3-5,9,14,16-20,26H,6-8,10-13,15H2,1-2H3/t16-,17-,18-,19-,20-,23-,24-/m0/s1. The van der Waals surface area contributed by atoms with Crippen LogP contribution in [-0.2, 0) is 0 Å². The molecule has 0 saturated heterocycles. The molecule has 0 aromatic carbocycles. The maximum Gasteiger partial charge on any atom is 0.0664 e. The van der Waals surface area contributed by atoms with Crippen molar-refractivity contribution in [3.05, 3.63) is 36.2 Å². The largest absolute Gasteiger partial charge is 0.393 e. The highest BCUT2D eigenvalue weighted by molar-refractivity contribution is 5.70. The fourth-order valence-corrected chi connectivity index (χ4v) is 7.72. The maximum absolute atomic E-state index is 10.2. The molecule has 4 aliphatic rings. The van der Waals surface area contributed by atoms with E-state index in [0.29, 0.717) is 10.8 Å². The van der Waals surface area contributed by atoms with Crippen LogP contribution in [0.15, 0.2) is 30.5 Å². The van der Waals surface area contributed by atoms with Crippen LogP contribution in [0, 0.1) is 34.5 Å². The Morgan fingerprint density at radius 3 is 2.73 bits per heavy atom. The predicted octanol–water partition coefficient (Wildman–Crippen LogP) is 5.48. The molecule has 0 radical (unpaired) electrons. The molecule has 0 spiro atoms. The van der Waals surface area contributed by atoms with Crippen molar-refractivity contribution in [1.29, 1.82) is 0 Å². The summed E-state index contributed by atoms with van der Waals surface area (Å²) < 4.78 is 0. The Balaban J connectivity index is 1.44. The molecule has 1 heterocycles. The third-order valence-corrected chi connectivity index (χ3v) is 9.16. The number of aromatic nitrogens is 1. The Morgan fingerprint density at radius 2 is 1.92 bits per heavy atom. The van der Waals surface area contributed by atoms with Crippen LogP contribution in [0.5, 0.6) is 0 Å². The second-order valence-electron chi connectivity index (χ2n) is 10.1. The minimum Gasteiger partial charge on any atom is -0.393 e. The summed E-state index contributed by atoms with van der Waals surface area (Å²) in [4.78, 5) is 4.69. The number of nitrogens with zero attached hydrogens (tertiary/aromatic N) is 1. The first-order chi connectivity index (χ1) is 12.5. The molecule has 140 valence electrons. The van der Waals surface area contributed by atoms with E-state index in [4.69, 9.17) is 4.98 Å². The molecule has 2 nitrogen and oxygen atoms in total. The summed E-state index contributed by atoms with van der Waals surface area (Å²) in [5, 5.41) is 10.2. The molecule has 0 bridgehead atoms. The Morgan fingerprint density at radius 1 is 1.04 bits per heavy atom. The summed E-state index contributed by atoms with van der Waals surface area (Å²) in [7, 11) is 0. The van der Waals surface area contributed by atoms with Crippen LogP contribution >= 0.6 is 0 Å². The van der Waals surface area contributed by atoms with Gasteiger partial charge in [0, 0.05) is 6.20 Å². The fraction of sp³-hybridized carbons (Fsp3) is 0.708. The number of hydrogen-bond donors (Lipinski definition) is 1. The number of aliphatic hydroxyl groups is 1. The van der Waals surface area contributed by atoms with E-state index in [9.17, 15) is 5.11 Å². The van der Waals surface area contributed by atoms with Crippen molar-refractivity contribution in [3.63, 3.8) is 0 Å². The van der Waals surface area contributed by atoms with Crippen LogP contribution in [0.25, 0.3) is 5.57 Å². The van der Waals surface area contributed by atoms with Gasteiger partial charge in [-0.25, -0.2) is 0 Å². The van der Waals surface area contributed by atoms with Crippen molar-refractivity contribution in [2.75, 3.05) is 0 Å². The lowest BCUT2D eigenvalue weighted by Gasteiger charge is -2.60. The number of hydrogen-bond acceptors (Lipinski definition) is 2. The van der Waals surface area contributed by atoms with Crippen molar-refractivity contribution in [3.8, 4) is 0 Å². The van der Waals surface area contributed by atoms with Crippen LogP contribution in [0.2, 0.25) is 0 Å². The predicted molar refractivity (Wildman–Crippen MR) is 105 cm³/mol. The molecular weight excluding hydrogens is 318 g/mol. The van der Waals surface area contributed by atoms with E-state index in [2.05, 4.69) is 32.1 Å². The average Bonchev–Trinajstić information content (AvgIpc) is 3.00. The van der Waals surface area contributed by atoms with Gasteiger partial charge >= 0.3 is 0 Å². The second-order valence-corrected chi connectivity index (χ2v) is 10.1. The monoisotopic (exact) mass is 351 g/mol. The van der Waals surface area contributed by atoms with Gasteiger partial charge in [-0.3, -0.25) is 4.98 Å². The van der Waals surface area contributed by atoms with Gasteiger partial charge in [-0.1, -0.05) is 26.0 Å². The summed E-state index contributed by atoms with van der Waals surface area (Å²) in [6.07, 6.45) is 14.4. The van der Waals surface area contributed by atoms with Crippen molar-refractivity contribution < 1.29 is 5.11 Å². The van der Waals surface area contributed by atoms with E-state index in [1.807, 2.05) is 12.3 Å². The molecule has 2 heteroatoms. The van der Waals surface area contributed by atoms with E-state index in [1.165, 1.54) is 49.8 Å². The molecule has 26 heavy (non-hydrogen) atoms. The van der Waals surface area contributed by atoms with Crippen molar-refractivity contribution in [1.82, 2.24) is 4.98 Å². The zero-order valence-electron chi connectivity index (χ0n) is 16.3. The SMILES string of the molecule is C[C@]12CC[C@H](O)C[C@@H]1CC[C@@H]1[C@@H]2CC[C@]2(C)C(c3ccccn3)=CC[C@@H]12. The third-order valence-electron chi connectivity index (χ3n) is 9.16. The molecule has 4 aliphatic carbocycles. The smallest absolute Gasteiger partial charge is 0.0664 e. The van der Waals surface area contributed by atoms with Gasteiger partial charge in [0.1, 0.15) is 0 Å². The van der Waals surface area contributed by atoms with Gasteiger partial charge in [-0.15, -0.1) is 0 Å². The fourth-order valence-electron chi connectivity index (χ4n) is 7.72. The van der Waals surface area contributed by atoms with E-state index in [0.717, 1.165) is 36.5 Å². The Kier molecular flexibility index (Phi) is 3.87. The van der Waals surface area contributed by atoms with Gasteiger partial charge < -0.3 is 5.11 Å². The Bertz CT molecular complexity index is 712. The molecule has 7 atom stereocenters. The summed E-state index contributed by atoms with van der Waals surface area (Å²) >= 11 is 0. The zero-order chi connectivity index (χ0) is 17.9. The minimum atomic E-state index is -0.0395. The van der Waals surface area contributed by atoms with Gasteiger partial charge in [0.2, 0.25) is 0 Å². The molecule has 0 unspecified atom stereocenters. The Labute approximate surface area is 158 Å². The number of rotatable bonds is 1. The summed E-state index contributed by atoms with van der Waals surface area (Å²) in [6.45, 7) is 5.10. The number of pyridine rings is 1. The third kappa shape index (κ3) is 2.30. The van der Waals surface area contributed by atoms with Crippen LogP contribution < -0.4 is 0 Å². The lowest BCUT2D eigenvalue weighted by molar-refractivity contribution is -0.115. The first kappa shape index (κ1) is 17.0. The number of allylic oxidation sites excluding steroid dienone is 2. The number of aliphatic hydroxyl groups excluding tert-OH is 1. The van der Waals surface area contributed by atoms with Gasteiger partial charge in [0.05, 0.1) is 11.8 Å². The van der Waals surface area contributed by atoms with E-state index < -0.39 is 0 Å². The molecule has 1 aromatic heterocycles. The van der Waals surface area contributed by atoms with Crippen LogP contribution in [0.3, 0.4) is 0 Å². The lowest BCUT2D eigenvalue weighted by Crippen LogP contribution is -2.53. The van der Waals surface area contributed by atoms with Crippen LogP contribution in [0.4, 0.5) is 0 Å². The van der Waals surface area contributed by atoms with Crippen LogP contribution in [0.1, 0.15) is 70.9 Å². The first-order valence-electron chi connectivity index (χ1n) is 10.8. The van der Waals surface area contributed by atoms with Crippen molar-refractivity contribution in [2.24, 2.45) is 34.5 Å². The molecule has 1 N–H and O–H groups in total. The normalized spacial score (nSPS) is 47.5. The minimum absolute atomic E-state index is 0.0395. The van der Waals surface area contributed by atoms with Gasteiger partial charge in [0.15, 0.2) is 0 Å². The maximum atomic E-state index is 10.2. The summed E-state index contributed by atoms with van der Waals surface area (Å²) in [6, 6.07) is 6.35. The summed E-state index contributed by atoms with van der Waals surface area (Å²) in [5.74, 6) is 3.27. The number of fused-ring (bicyclic) bond motifs is 5. The first-order valence-corrected chi connectivity index (χ1v) is 10.8. The molecular formula is C24H33NO. The molecule has 0 amide bonds. The molecule has 3 fully saturated rings. The highest BCUT2D eigenvalue weighted by Crippen LogP contribution is 2.67. The lowest BCUT2D eigenvalue weighted by atomic mass is 9.44. The highest BCUT2D eigenvalue weighted by atomic mass is 16.3. The van der Waals surface area contributed by atoms with Gasteiger partial charge in [0.25, 0.3) is 0 Å². The van der Waals surface area contributed by atoms with Crippen molar-refractivity contribution in [2.45, 2.75) is 71.3 Å². The van der Waals surface area contributed by atoms with Gasteiger partial charge in [-0.05, 0) is 104 Å². The van der Waals surface area contributed by atoms with Gasteiger partial charge in [-0.2, -0.15) is 0 Å². The molecule has 5 rings (SSSR count). The highest BCUT2D eigenvalue weighted by Gasteiger charge is 2.58. The summed E-state index contributed by atoms with van der Waals surface area (Å²) in [5.41, 5.74) is 3.51. The topological polar surface area (TPSA) is 33.1 Å². The van der Waals surface area contributed by atoms with Crippen molar-refractivity contribution >= 4 is 5.57 Å². The quantitative estimate of drug-likeness (QED) is 0.727. The van der Waals surface area contributed by atoms with E-state index in [-0.39, 0.29) is 6.10 Å². The van der Waals surface area contributed by atoms with Crippen LogP contribution in [-0.4, -0.2) is 16.2 Å². The molecule has 1 aromatic rings. The van der Waals surface area contributed by atoms with E-state index in [1.54, 1.807) is 0 Å². The Hall–Kier alpha value is -1.15. The van der Waals surface area contributed by atoms with E-state index >= 15 is 0 Å². The molecule has 0 aliphatic heterocycles. The average molecular weight is 352 g/mol.